The zero-order chi connectivity index (χ0) is 49.5. The maximum absolute atomic E-state index is 13.1. The first kappa shape index (κ1) is 48.5. The number of carbonyl (C=O) groups is 8. The van der Waals surface area contributed by atoms with Crippen molar-refractivity contribution in [2.45, 2.75) is 5.92 Å². The molecule has 0 spiro atoms. The van der Waals surface area contributed by atoms with E-state index in [1.165, 1.54) is 0 Å². The van der Waals surface area contributed by atoms with Gasteiger partial charge < -0.3 is 41.7 Å². The molecule has 0 fully saturated rings. The van der Waals surface area contributed by atoms with E-state index in [9.17, 15) is 48.6 Å². The largest absolute Gasteiger partial charge is 0.478 e. The van der Waals surface area contributed by atoms with Crippen LogP contribution < -0.4 is 21.3 Å². The molecular formula is C53H40N4O12. The fraction of sp³-hybridized carbons (Fsp3) is 0.0189. The number of hydrogen-bond acceptors (Lipinski definition) is 8. The number of para-hydroxylation sites is 2. The number of hydrogen-bond donors (Lipinski definition) is 8. The number of nitrogens with one attached hydrogen (secondary N) is 4. The normalized spacial score (nSPS) is 11.2. The zero-order valence-corrected chi connectivity index (χ0v) is 36.0. The first-order valence-electron chi connectivity index (χ1n) is 20.6. The Balaban J connectivity index is 1.60. The molecule has 0 aromatic heterocycles. The van der Waals surface area contributed by atoms with E-state index in [1.54, 1.807) is 84.9 Å². The van der Waals surface area contributed by atoms with Crippen LogP contribution in [0.5, 0.6) is 0 Å². The summed E-state index contributed by atoms with van der Waals surface area (Å²) in [6.07, 6.45) is 6.04. The third-order valence-corrected chi connectivity index (χ3v) is 10.1. The molecule has 0 aliphatic carbocycles. The monoisotopic (exact) mass is 924 g/mol. The topological polar surface area (TPSA) is 266 Å². The molecule has 6 rings (SSSR count). The second-order valence-corrected chi connectivity index (χ2v) is 14.8. The molecule has 4 amide bonds. The van der Waals surface area contributed by atoms with Crippen LogP contribution in [-0.4, -0.2) is 67.9 Å². The van der Waals surface area contributed by atoms with Gasteiger partial charge in [0.15, 0.2) is 0 Å². The van der Waals surface area contributed by atoms with Crippen LogP contribution in [0.15, 0.2) is 188 Å². The number of anilines is 4. The summed E-state index contributed by atoms with van der Waals surface area (Å²) in [6, 6.07) is 40.7. The van der Waals surface area contributed by atoms with Crippen LogP contribution in [0.4, 0.5) is 22.7 Å². The van der Waals surface area contributed by atoms with E-state index < -0.39 is 53.4 Å². The Labute approximate surface area is 393 Å². The van der Waals surface area contributed by atoms with Gasteiger partial charge in [0, 0.05) is 99.5 Å². The lowest BCUT2D eigenvalue weighted by Crippen LogP contribution is -2.13. The highest BCUT2D eigenvalue weighted by molar-refractivity contribution is 6.09. The van der Waals surface area contributed by atoms with Crippen molar-refractivity contribution in [2.24, 2.45) is 0 Å². The predicted octanol–water partition coefficient (Wildman–Crippen LogP) is 8.19. The molecule has 0 unspecified atom stereocenters. The lowest BCUT2D eigenvalue weighted by Gasteiger charge is -2.24. The average molecular weight is 925 g/mol. The fourth-order valence-electron chi connectivity index (χ4n) is 7.16. The van der Waals surface area contributed by atoms with Crippen LogP contribution in [0.3, 0.4) is 0 Å². The SMILES string of the molecule is O=C(O)/C=C/C(=O)Nc1ccccc1-c1cc(C(c2ccc(-c3ccccc3)cc2)c2ccc(NC(=O)/C=C/C(=O)O)c(-c3ccccc3NC(=O)/C=C/C(=O)O)c2)ccc1NC(=O)/C=C/C(=O)O. The minimum absolute atomic E-state index is 0.203. The molecule has 8 N–H and O–H groups in total. The third-order valence-electron chi connectivity index (χ3n) is 10.1. The third kappa shape index (κ3) is 13.5. The van der Waals surface area contributed by atoms with Gasteiger partial charge >= 0.3 is 23.9 Å². The Morgan fingerprint density at radius 1 is 0.319 bits per heavy atom. The summed E-state index contributed by atoms with van der Waals surface area (Å²) >= 11 is 0. The summed E-state index contributed by atoms with van der Waals surface area (Å²) in [7, 11) is 0. The number of carbonyl (C=O) groups excluding carboxylic acids is 4. The smallest absolute Gasteiger partial charge is 0.328 e. The van der Waals surface area contributed by atoms with Gasteiger partial charge in [-0.15, -0.1) is 0 Å². The minimum atomic E-state index is -1.36. The molecule has 0 aliphatic rings. The Hall–Kier alpha value is -9.96. The average Bonchev–Trinajstić information content (AvgIpc) is 3.33. The number of carboxylic acids is 4. The fourth-order valence-corrected chi connectivity index (χ4v) is 7.16. The molecule has 344 valence electrons. The standard InChI is InChI=1S/C53H40N4O12/c58-45(22-26-49(62)63)54-41-12-6-4-10-37(41)39-30-35(18-20-43(39)56-47(60)24-28-51(66)67)53(34-16-14-33(15-17-34)32-8-2-1-3-9-32)36-19-21-44(57-48(61)25-29-52(68)69)40(31-36)38-11-5-7-13-42(38)55-46(59)23-27-50(64)65/h1-31,53H,(H,54,58)(H,55,59)(H,56,60)(H,57,61)(H,62,63)(H,64,65)(H,66,67)(H,68,69)/b26-22+,27-23+,28-24+,29-25+. The lowest BCUT2D eigenvalue weighted by molar-refractivity contribution is -0.132. The molecule has 0 bridgehead atoms. The van der Waals surface area contributed by atoms with Gasteiger partial charge in [-0.3, -0.25) is 19.2 Å². The number of rotatable bonds is 18. The molecule has 0 saturated heterocycles. The van der Waals surface area contributed by atoms with Crippen LogP contribution >= 0.6 is 0 Å². The van der Waals surface area contributed by atoms with Crippen LogP contribution in [0.2, 0.25) is 0 Å². The van der Waals surface area contributed by atoms with Gasteiger partial charge in [0.1, 0.15) is 0 Å². The molecular weight excluding hydrogens is 885 g/mol. The van der Waals surface area contributed by atoms with E-state index in [2.05, 4.69) is 21.3 Å². The summed E-state index contributed by atoms with van der Waals surface area (Å²) in [4.78, 5) is 97.1. The number of aliphatic carboxylic acids is 4. The van der Waals surface area contributed by atoms with Crippen molar-refractivity contribution < 1.29 is 58.8 Å². The second kappa shape index (κ2) is 22.8. The van der Waals surface area contributed by atoms with Gasteiger partial charge in [-0.25, -0.2) is 19.2 Å². The van der Waals surface area contributed by atoms with E-state index in [4.69, 9.17) is 10.2 Å². The van der Waals surface area contributed by atoms with E-state index in [0.717, 1.165) is 41.0 Å². The quantitative estimate of drug-likeness (QED) is 0.0300. The summed E-state index contributed by atoms with van der Waals surface area (Å²) in [5.41, 5.74) is 6.14. The minimum Gasteiger partial charge on any atom is -0.478 e. The maximum Gasteiger partial charge on any atom is 0.328 e. The Bertz CT molecular complexity index is 2930. The van der Waals surface area contributed by atoms with Crippen molar-refractivity contribution in [3.63, 3.8) is 0 Å². The highest BCUT2D eigenvalue weighted by Gasteiger charge is 2.24. The summed E-state index contributed by atoms with van der Waals surface area (Å²) in [6.45, 7) is 0. The first-order chi connectivity index (χ1) is 33.1. The highest BCUT2D eigenvalue weighted by atomic mass is 16.4. The van der Waals surface area contributed by atoms with Gasteiger partial charge in [-0.05, 0) is 64.2 Å². The van der Waals surface area contributed by atoms with Crippen molar-refractivity contribution in [3.05, 3.63) is 205 Å². The molecule has 69 heavy (non-hydrogen) atoms. The van der Waals surface area contributed by atoms with Crippen molar-refractivity contribution in [1.82, 2.24) is 0 Å². The zero-order valence-electron chi connectivity index (χ0n) is 36.0. The Kier molecular flexibility index (Phi) is 16.0. The Morgan fingerprint density at radius 2 is 0.623 bits per heavy atom. The Morgan fingerprint density at radius 3 is 0.986 bits per heavy atom. The van der Waals surface area contributed by atoms with Crippen molar-refractivity contribution in [1.29, 1.82) is 0 Å². The van der Waals surface area contributed by atoms with E-state index in [1.807, 2.05) is 54.6 Å². The number of carboxylic acid groups (broad SMARTS) is 4. The van der Waals surface area contributed by atoms with Crippen LogP contribution in [0, 0.1) is 0 Å². The van der Waals surface area contributed by atoms with E-state index >= 15 is 0 Å². The molecule has 0 saturated carbocycles. The molecule has 16 heteroatoms. The van der Waals surface area contributed by atoms with Crippen molar-refractivity contribution >= 4 is 70.3 Å². The summed E-state index contributed by atoms with van der Waals surface area (Å²) in [5.74, 6) is -9.17. The van der Waals surface area contributed by atoms with Crippen LogP contribution in [0.25, 0.3) is 33.4 Å². The lowest BCUT2D eigenvalue weighted by atomic mass is 9.82. The molecule has 0 radical (unpaired) electrons. The van der Waals surface area contributed by atoms with Gasteiger partial charge in [-0.2, -0.15) is 0 Å². The van der Waals surface area contributed by atoms with Crippen LogP contribution in [0.1, 0.15) is 22.6 Å². The maximum atomic E-state index is 13.1. The molecule has 0 aliphatic heterocycles. The molecule has 6 aromatic carbocycles. The van der Waals surface area contributed by atoms with E-state index in [-0.39, 0.29) is 22.7 Å². The predicted molar refractivity (Wildman–Crippen MR) is 258 cm³/mol. The first-order valence-corrected chi connectivity index (χ1v) is 20.6. The molecule has 0 heterocycles. The second-order valence-electron chi connectivity index (χ2n) is 14.8. The van der Waals surface area contributed by atoms with Crippen molar-refractivity contribution in [2.75, 3.05) is 21.3 Å². The molecule has 16 nitrogen and oxygen atoms in total. The van der Waals surface area contributed by atoms with Gasteiger partial charge in [0.2, 0.25) is 23.6 Å². The van der Waals surface area contributed by atoms with E-state index in [0.29, 0.717) is 57.7 Å². The number of amides is 4. The molecule has 6 aromatic rings. The van der Waals surface area contributed by atoms with Gasteiger partial charge in [-0.1, -0.05) is 103 Å². The molecule has 0 atom stereocenters. The summed E-state index contributed by atoms with van der Waals surface area (Å²) in [5, 5.41) is 47.5. The highest BCUT2D eigenvalue weighted by Crippen LogP contribution is 2.43. The van der Waals surface area contributed by atoms with Gasteiger partial charge in [0.05, 0.1) is 0 Å². The van der Waals surface area contributed by atoms with Crippen LogP contribution in [-0.2, 0) is 38.4 Å². The van der Waals surface area contributed by atoms with Gasteiger partial charge in [0.25, 0.3) is 0 Å². The van der Waals surface area contributed by atoms with Crippen molar-refractivity contribution in [3.8, 4) is 33.4 Å². The summed E-state index contributed by atoms with van der Waals surface area (Å²) < 4.78 is 0. The number of benzene rings is 6.